The fraction of sp³-hybridized carbons (Fsp3) is 0.500. The first-order valence-electron chi connectivity index (χ1n) is 10.3. The maximum absolute atomic E-state index is 12.2. The molecule has 31 heavy (non-hydrogen) atoms. The SMILES string of the molecule is CN=C(NCc1cccc(NC(=O)C2CCC2)c1)N(C)Cc1csc(C(C)OC)n1.I. The number of ether oxygens (including phenoxy) is 1. The number of benzene rings is 1. The van der Waals surface area contributed by atoms with E-state index in [4.69, 9.17) is 4.74 Å². The second kappa shape index (κ2) is 12.4. The average Bonchev–Trinajstić information content (AvgIpc) is 3.15. The van der Waals surface area contributed by atoms with E-state index in [2.05, 4.69) is 26.0 Å². The number of carbonyl (C=O) groups excluding carboxylic acids is 1. The van der Waals surface area contributed by atoms with E-state index >= 15 is 0 Å². The minimum Gasteiger partial charge on any atom is -0.375 e. The van der Waals surface area contributed by atoms with Crippen molar-refractivity contribution in [3.8, 4) is 0 Å². The Balaban J connectivity index is 0.00000341. The summed E-state index contributed by atoms with van der Waals surface area (Å²) >= 11 is 1.61. The number of hydrogen-bond acceptors (Lipinski definition) is 5. The smallest absolute Gasteiger partial charge is 0.227 e. The molecule has 170 valence electrons. The number of anilines is 1. The number of carbonyl (C=O) groups is 1. The number of aromatic nitrogens is 1. The molecular weight excluding hydrogens is 525 g/mol. The van der Waals surface area contributed by atoms with E-state index in [1.807, 2.05) is 43.1 Å². The average molecular weight is 558 g/mol. The lowest BCUT2D eigenvalue weighted by atomic mass is 9.85. The molecular formula is C22H32IN5O2S. The summed E-state index contributed by atoms with van der Waals surface area (Å²) in [4.78, 5) is 23.3. The van der Waals surface area contributed by atoms with Gasteiger partial charge in [-0.1, -0.05) is 18.6 Å². The van der Waals surface area contributed by atoms with Gasteiger partial charge >= 0.3 is 0 Å². The van der Waals surface area contributed by atoms with Crippen LogP contribution < -0.4 is 10.6 Å². The van der Waals surface area contributed by atoms with Crippen LogP contribution in [-0.2, 0) is 22.6 Å². The number of amides is 1. The summed E-state index contributed by atoms with van der Waals surface area (Å²) in [6.45, 7) is 3.27. The van der Waals surface area contributed by atoms with Crippen LogP contribution in [0.25, 0.3) is 0 Å². The number of nitrogens with zero attached hydrogens (tertiary/aromatic N) is 3. The Bertz CT molecular complexity index is 884. The lowest BCUT2D eigenvalue weighted by Gasteiger charge is -2.24. The van der Waals surface area contributed by atoms with Crippen molar-refractivity contribution in [1.82, 2.24) is 15.2 Å². The van der Waals surface area contributed by atoms with Gasteiger partial charge in [-0.2, -0.15) is 0 Å². The lowest BCUT2D eigenvalue weighted by Crippen LogP contribution is -2.38. The van der Waals surface area contributed by atoms with Gasteiger partial charge in [-0.05, 0) is 37.5 Å². The van der Waals surface area contributed by atoms with Crippen LogP contribution in [-0.4, -0.2) is 43.0 Å². The molecule has 1 heterocycles. The molecule has 0 saturated heterocycles. The zero-order valence-electron chi connectivity index (χ0n) is 18.6. The molecule has 1 fully saturated rings. The first kappa shape index (κ1) is 25.5. The van der Waals surface area contributed by atoms with E-state index in [0.717, 1.165) is 47.2 Å². The van der Waals surface area contributed by atoms with Crippen LogP contribution in [0.4, 0.5) is 5.69 Å². The zero-order valence-corrected chi connectivity index (χ0v) is 21.7. The van der Waals surface area contributed by atoms with Crippen LogP contribution >= 0.6 is 35.3 Å². The molecule has 1 aliphatic carbocycles. The molecule has 1 amide bonds. The molecule has 1 aromatic carbocycles. The van der Waals surface area contributed by atoms with E-state index in [9.17, 15) is 4.79 Å². The van der Waals surface area contributed by atoms with E-state index in [0.29, 0.717) is 13.1 Å². The van der Waals surface area contributed by atoms with E-state index in [1.54, 1.807) is 25.5 Å². The van der Waals surface area contributed by atoms with Crippen LogP contribution in [0.5, 0.6) is 0 Å². The third-order valence-corrected chi connectivity index (χ3v) is 6.42. The lowest BCUT2D eigenvalue weighted by molar-refractivity contribution is -0.122. The Morgan fingerprint density at radius 2 is 2.19 bits per heavy atom. The molecule has 2 N–H and O–H groups in total. The zero-order chi connectivity index (χ0) is 21.5. The van der Waals surface area contributed by atoms with Crippen molar-refractivity contribution in [2.24, 2.45) is 10.9 Å². The van der Waals surface area contributed by atoms with Crippen molar-refractivity contribution in [3.05, 3.63) is 45.9 Å². The van der Waals surface area contributed by atoms with Gasteiger partial charge in [0.15, 0.2) is 5.96 Å². The quantitative estimate of drug-likeness (QED) is 0.286. The molecule has 3 rings (SSSR count). The fourth-order valence-electron chi connectivity index (χ4n) is 3.24. The minimum absolute atomic E-state index is 0. The number of methoxy groups -OCH3 is 1. The summed E-state index contributed by atoms with van der Waals surface area (Å²) in [5.74, 6) is 1.10. The number of guanidine groups is 1. The van der Waals surface area contributed by atoms with Crippen LogP contribution in [0.3, 0.4) is 0 Å². The number of hydrogen-bond donors (Lipinski definition) is 2. The minimum atomic E-state index is 0. The molecule has 2 aromatic rings. The molecule has 1 aromatic heterocycles. The van der Waals surface area contributed by atoms with Crippen molar-refractivity contribution < 1.29 is 9.53 Å². The fourth-order valence-corrected chi connectivity index (χ4v) is 4.08. The third kappa shape index (κ3) is 7.15. The van der Waals surface area contributed by atoms with Gasteiger partial charge in [-0.15, -0.1) is 35.3 Å². The number of halogens is 1. The highest BCUT2D eigenvalue weighted by Crippen LogP contribution is 2.27. The molecule has 7 nitrogen and oxygen atoms in total. The molecule has 1 aliphatic rings. The second-order valence-electron chi connectivity index (χ2n) is 7.63. The maximum atomic E-state index is 12.2. The monoisotopic (exact) mass is 557 g/mol. The van der Waals surface area contributed by atoms with Crippen LogP contribution in [0.15, 0.2) is 34.6 Å². The summed E-state index contributed by atoms with van der Waals surface area (Å²) in [5, 5.41) is 9.45. The standard InChI is InChI=1S/C22H31N5O2S.HI/c1-15(29-4)21-26-19(14-30-21)13-27(3)22(23-2)24-12-16-7-5-10-18(11-16)25-20(28)17-8-6-9-17;/h5,7,10-11,14-15,17H,6,8-9,12-13H2,1-4H3,(H,23,24)(H,25,28);1H. The number of thiazole rings is 1. The Morgan fingerprint density at radius 3 is 2.84 bits per heavy atom. The van der Waals surface area contributed by atoms with Gasteiger partial charge in [0, 0.05) is 44.7 Å². The summed E-state index contributed by atoms with van der Waals surface area (Å²) in [5.41, 5.74) is 2.92. The summed E-state index contributed by atoms with van der Waals surface area (Å²) in [7, 11) is 5.45. The van der Waals surface area contributed by atoms with Gasteiger partial charge in [0.25, 0.3) is 0 Å². The highest BCUT2D eigenvalue weighted by molar-refractivity contribution is 14.0. The van der Waals surface area contributed by atoms with Crippen molar-refractivity contribution in [3.63, 3.8) is 0 Å². The molecule has 1 unspecified atom stereocenters. The van der Waals surface area contributed by atoms with Crippen LogP contribution in [0, 0.1) is 5.92 Å². The van der Waals surface area contributed by atoms with Crippen molar-refractivity contribution in [1.29, 1.82) is 0 Å². The topological polar surface area (TPSA) is 78.9 Å². The van der Waals surface area contributed by atoms with Gasteiger partial charge in [-0.3, -0.25) is 9.79 Å². The molecule has 0 radical (unpaired) electrons. The Kier molecular flexibility index (Phi) is 10.2. The van der Waals surface area contributed by atoms with Gasteiger partial charge in [0.1, 0.15) is 11.1 Å². The maximum Gasteiger partial charge on any atom is 0.227 e. The molecule has 1 atom stereocenters. The molecule has 1 saturated carbocycles. The van der Waals surface area contributed by atoms with Crippen LogP contribution in [0.2, 0.25) is 0 Å². The van der Waals surface area contributed by atoms with E-state index in [-0.39, 0.29) is 41.9 Å². The predicted octanol–water partition coefficient (Wildman–Crippen LogP) is 4.41. The van der Waals surface area contributed by atoms with Gasteiger partial charge in [0.05, 0.1) is 12.2 Å². The first-order chi connectivity index (χ1) is 14.5. The summed E-state index contributed by atoms with van der Waals surface area (Å²) < 4.78 is 5.34. The van der Waals surface area contributed by atoms with E-state index in [1.165, 1.54) is 0 Å². The number of rotatable bonds is 8. The predicted molar refractivity (Wildman–Crippen MR) is 137 cm³/mol. The van der Waals surface area contributed by atoms with Crippen molar-refractivity contribution in [2.45, 2.75) is 45.4 Å². The second-order valence-corrected chi connectivity index (χ2v) is 8.52. The summed E-state index contributed by atoms with van der Waals surface area (Å²) in [6.07, 6.45) is 3.16. The normalized spacial score (nSPS) is 14.9. The van der Waals surface area contributed by atoms with Crippen molar-refractivity contribution in [2.75, 3.05) is 26.5 Å². The number of aliphatic imine (C=N–C) groups is 1. The molecule has 0 spiro atoms. The number of nitrogens with one attached hydrogen (secondary N) is 2. The Hall–Kier alpha value is -1.72. The molecule has 0 bridgehead atoms. The summed E-state index contributed by atoms with van der Waals surface area (Å²) in [6, 6.07) is 7.95. The van der Waals surface area contributed by atoms with Gasteiger partial charge in [0.2, 0.25) is 5.91 Å². The first-order valence-corrected chi connectivity index (χ1v) is 11.2. The molecule has 0 aliphatic heterocycles. The van der Waals surface area contributed by atoms with Crippen LogP contribution in [0.1, 0.15) is 48.6 Å². The van der Waals surface area contributed by atoms with Gasteiger partial charge in [-0.25, -0.2) is 4.98 Å². The third-order valence-electron chi connectivity index (χ3n) is 5.36. The van der Waals surface area contributed by atoms with Crippen molar-refractivity contribution >= 4 is 52.9 Å². The highest BCUT2D eigenvalue weighted by atomic mass is 127. The highest BCUT2D eigenvalue weighted by Gasteiger charge is 2.25. The molecule has 9 heteroatoms. The Labute approximate surface area is 205 Å². The Morgan fingerprint density at radius 1 is 1.42 bits per heavy atom. The largest absolute Gasteiger partial charge is 0.375 e. The van der Waals surface area contributed by atoms with E-state index < -0.39 is 0 Å². The van der Waals surface area contributed by atoms with Gasteiger partial charge < -0.3 is 20.3 Å².